The fourth-order valence-corrected chi connectivity index (χ4v) is 5.32. The second-order valence-electron chi connectivity index (χ2n) is 9.19. The van der Waals surface area contributed by atoms with Crippen LogP contribution in [0.15, 0.2) is 18.2 Å². The number of carbonyl (C=O) groups excluding carboxylic acids is 1. The first-order valence-corrected chi connectivity index (χ1v) is 9.72. The number of likely N-dealkylation sites (tertiary alicyclic amines) is 1. The van der Waals surface area contributed by atoms with Crippen molar-refractivity contribution in [3.05, 3.63) is 29.3 Å². The number of aliphatic hydroxyl groups is 1. The average Bonchev–Trinajstić information content (AvgIpc) is 2.94. The second kappa shape index (κ2) is 6.43. The molecule has 3 aliphatic rings. The molecule has 4 nitrogen and oxygen atoms in total. The van der Waals surface area contributed by atoms with Crippen LogP contribution >= 0.6 is 0 Å². The quantitative estimate of drug-likeness (QED) is 0.864. The molecular weight excluding hydrogens is 352 g/mol. The first-order valence-electron chi connectivity index (χ1n) is 9.72. The molecule has 1 aliphatic heterocycles. The molecule has 1 amide bonds. The molecule has 0 bridgehead atoms. The van der Waals surface area contributed by atoms with Crippen molar-refractivity contribution in [2.24, 2.45) is 11.3 Å². The van der Waals surface area contributed by atoms with Crippen molar-refractivity contribution in [1.82, 2.24) is 4.90 Å². The van der Waals surface area contributed by atoms with Gasteiger partial charge in [-0.05, 0) is 75.1 Å². The van der Waals surface area contributed by atoms with E-state index in [4.69, 9.17) is 0 Å². The van der Waals surface area contributed by atoms with Gasteiger partial charge in [-0.3, -0.25) is 4.79 Å². The van der Waals surface area contributed by atoms with Crippen molar-refractivity contribution in [1.29, 1.82) is 0 Å². The van der Waals surface area contributed by atoms with Crippen LogP contribution in [0.1, 0.15) is 56.1 Å². The van der Waals surface area contributed by atoms with Crippen LogP contribution in [0, 0.1) is 18.3 Å². The molecule has 1 heterocycles. The zero-order valence-corrected chi connectivity index (χ0v) is 15.9. The lowest BCUT2D eigenvalue weighted by Crippen LogP contribution is -2.61. The lowest BCUT2D eigenvalue weighted by Gasteiger charge is -2.52. The molecule has 148 valence electrons. The molecule has 6 heteroatoms. The third-order valence-corrected chi connectivity index (χ3v) is 6.56. The summed E-state index contributed by atoms with van der Waals surface area (Å²) in [6.45, 7) is 2.43. The number of alkyl halides is 2. The Morgan fingerprint density at radius 3 is 2.59 bits per heavy atom. The predicted molar refractivity (Wildman–Crippen MR) is 96.8 cm³/mol. The Kier molecular flexibility index (Phi) is 4.45. The molecule has 2 saturated carbocycles. The van der Waals surface area contributed by atoms with E-state index in [1.807, 2.05) is 11.8 Å². The fourth-order valence-electron chi connectivity index (χ4n) is 5.32. The van der Waals surface area contributed by atoms with Crippen LogP contribution < -0.4 is 4.74 Å². The number of nitrogens with zero attached hydrogens (tertiary/aromatic N) is 1. The Morgan fingerprint density at radius 2 is 1.96 bits per heavy atom. The molecule has 3 fully saturated rings. The van der Waals surface area contributed by atoms with E-state index in [-0.39, 0.29) is 23.0 Å². The van der Waals surface area contributed by atoms with Crippen LogP contribution in [0.3, 0.4) is 0 Å². The normalized spacial score (nSPS) is 31.7. The summed E-state index contributed by atoms with van der Waals surface area (Å²) in [7, 11) is 0. The first kappa shape index (κ1) is 18.7. The summed E-state index contributed by atoms with van der Waals surface area (Å²) < 4.78 is 29.7. The Morgan fingerprint density at radius 1 is 1.26 bits per heavy atom. The maximum absolute atomic E-state index is 12.5. The van der Waals surface area contributed by atoms with Gasteiger partial charge in [-0.1, -0.05) is 6.07 Å². The van der Waals surface area contributed by atoms with E-state index in [2.05, 4.69) is 10.8 Å². The van der Waals surface area contributed by atoms with Gasteiger partial charge in [0.05, 0.1) is 5.60 Å². The third kappa shape index (κ3) is 3.68. The highest BCUT2D eigenvalue weighted by Gasteiger charge is 2.53. The van der Waals surface area contributed by atoms with Crippen molar-refractivity contribution in [3.63, 3.8) is 0 Å². The van der Waals surface area contributed by atoms with E-state index in [1.165, 1.54) is 0 Å². The van der Waals surface area contributed by atoms with Crippen LogP contribution in [0.5, 0.6) is 5.75 Å². The molecule has 0 aromatic heterocycles. The highest BCUT2D eigenvalue weighted by molar-refractivity contribution is 5.81. The number of rotatable bonds is 4. The van der Waals surface area contributed by atoms with Gasteiger partial charge < -0.3 is 14.7 Å². The maximum atomic E-state index is 12.5. The lowest BCUT2D eigenvalue weighted by molar-refractivity contribution is -0.161. The molecule has 4 rings (SSSR count). The van der Waals surface area contributed by atoms with Crippen molar-refractivity contribution in [2.75, 3.05) is 13.1 Å². The summed E-state index contributed by atoms with van der Waals surface area (Å²) in [6.07, 6.45) is 4.18. The molecule has 2 aliphatic carbocycles. The standard InChI is InChI=1S/C21H27F2NO3/c1-13-5-15(7-17(6-13)27-19(22)23)14-3-4-21(10-14)11-24(12-21)18(25)16-8-20(2,26)9-16/h5-7,14,16,19,26H,3-4,8-12H2,1-2H3. The minimum atomic E-state index is -2.81. The second-order valence-corrected chi connectivity index (χ2v) is 9.19. The van der Waals surface area contributed by atoms with Gasteiger partial charge in [-0.25, -0.2) is 0 Å². The van der Waals surface area contributed by atoms with E-state index in [9.17, 15) is 18.7 Å². The predicted octanol–water partition coefficient (Wildman–Crippen LogP) is 3.85. The van der Waals surface area contributed by atoms with Gasteiger partial charge in [0.2, 0.25) is 5.91 Å². The number of hydrogen-bond donors (Lipinski definition) is 1. The molecule has 1 aromatic rings. The summed E-state index contributed by atoms with van der Waals surface area (Å²) in [6, 6.07) is 5.43. The SMILES string of the molecule is Cc1cc(OC(F)F)cc(C2CCC3(C2)CN(C(=O)C2CC(C)(O)C2)C3)c1. The zero-order valence-electron chi connectivity index (χ0n) is 15.9. The highest BCUT2D eigenvalue weighted by Crippen LogP contribution is 2.53. The van der Waals surface area contributed by atoms with Gasteiger partial charge >= 0.3 is 6.61 Å². The molecule has 1 saturated heterocycles. The number of carbonyl (C=O) groups is 1. The van der Waals surface area contributed by atoms with Crippen LogP contribution in [0.2, 0.25) is 0 Å². The van der Waals surface area contributed by atoms with E-state index in [1.54, 1.807) is 19.1 Å². The Balaban J connectivity index is 1.36. The summed E-state index contributed by atoms with van der Waals surface area (Å²) >= 11 is 0. The Bertz CT molecular complexity index is 735. The molecule has 1 unspecified atom stereocenters. The van der Waals surface area contributed by atoms with Crippen molar-refractivity contribution < 1.29 is 23.4 Å². The van der Waals surface area contributed by atoms with Crippen LogP contribution in [-0.2, 0) is 4.79 Å². The van der Waals surface area contributed by atoms with Crippen molar-refractivity contribution in [2.45, 2.75) is 64.1 Å². The van der Waals surface area contributed by atoms with Gasteiger partial charge in [0.25, 0.3) is 0 Å². The largest absolute Gasteiger partial charge is 0.435 e. The van der Waals surface area contributed by atoms with E-state index >= 15 is 0 Å². The van der Waals surface area contributed by atoms with E-state index in [0.29, 0.717) is 18.8 Å². The van der Waals surface area contributed by atoms with Gasteiger partial charge in [-0.15, -0.1) is 0 Å². The van der Waals surface area contributed by atoms with Gasteiger partial charge in [0.15, 0.2) is 0 Å². The molecule has 27 heavy (non-hydrogen) atoms. The number of halogens is 2. The van der Waals surface area contributed by atoms with Crippen molar-refractivity contribution in [3.8, 4) is 5.75 Å². The topological polar surface area (TPSA) is 49.8 Å². The molecule has 1 atom stereocenters. The molecule has 0 radical (unpaired) electrons. The molecule has 1 spiro atoms. The first-order chi connectivity index (χ1) is 12.6. The number of hydrogen-bond acceptors (Lipinski definition) is 3. The van der Waals surface area contributed by atoms with Gasteiger partial charge in [0.1, 0.15) is 5.75 Å². The Hall–Kier alpha value is -1.69. The Labute approximate surface area is 158 Å². The van der Waals surface area contributed by atoms with E-state index in [0.717, 1.165) is 43.5 Å². The average molecular weight is 379 g/mol. The lowest BCUT2D eigenvalue weighted by atomic mass is 9.69. The van der Waals surface area contributed by atoms with E-state index < -0.39 is 12.2 Å². The maximum Gasteiger partial charge on any atom is 0.387 e. The monoisotopic (exact) mass is 379 g/mol. The smallest absolute Gasteiger partial charge is 0.387 e. The van der Waals surface area contributed by atoms with Crippen LogP contribution in [0.25, 0.3) is 0 Å². The van der Waals surface area contributed by atoms with Gasteiger partial charge in [-0.2, -0.15) is 8.78 Å². The molecule has 1 aromatic carbocycles. The zero-order chi connectivity index (χ0) is 19.4. The van der Waals surface area contributed by atoms with Crippen molar-refractivity contribution >= 4 is 5.91 Å². The molecular formula is C21H27F2NO3. The number of ether oxygens (including phenoxy) is 1. The number of benzene rings is 1. The highest BCUT2D eigenvalue weighted by atomic mass is 19.3. The summed E-state index contributed by atoms with van der Waals surface area (Å²) in [5.74, 6) is 0.703. The minimum Gasteiger partial charge on any atom is -0.435 e. The fraction of sp³-hybridized carbons (Fsp3) is 0.667. The molecule has 1 N–H and O–H groups in total. The summed E-state index contributed by atoms with van der Waals surface area (Å²) in [5, 5.41) is 9.84. The summed E-state index contributed by atoms with van der Waals surface area (Å²) in [4.78, 5) is 14.4. The van der Waals surface area contributed by atoms with Crippen LogP contribution in [0.4, 0.5) is 8.78 Å². The third-order valence-electron chi connectivity index (χ3n) is 6.56. The minimum absolute atomic E-state index is 0.0274. The van der Waals surface area contributed by atoms with Gasteiger partial charge in [0, 0.05) is 24.4 Å². The number of aryl methyl sites for hydroxylation is 1. The number of amides is 1. The van der Waals surface area contributed by atoms with Crippen LogP contribution in [-0.4, -0.2) is 41.2 Å². The summed E-state index contributed by atoms with van der Waals surface area (Å²) in [5.41, 5.74) is 1.47.